The standard InChI is InChI=1S/C27H17Cl2FN2O3/c28-15-9-10-17(18(29)13-15)25(33)24-22-21(23-16-6-2-1-5-14(16)11-12-31(23)24)26(34)32(27(22)35)20-8-4-3-7-19(20)30/h1-13,21-24H/t21-,22+,23?,24-/m0/s1. The van der Waals surface area contributed by atoms with Crippen molar-refractivity contribution in [1.29, 1.82) is 0 Å². The van der Waals surface area contributed by atoms with E-state index < -0.39 is 47.3 Å². The van der Waals surface area contributed by atoms with E-state index in [9.17, 15) is 18.8 Å². The summed E-state index contributed by atoms with van der Waals surface area (Å²) < 4.78 is 14.7. The average Bonchev–Trinajstić information content (AvgIpc) is 3.32. The lowest BCUT2D eigenvalue weighted by Gasteiger charge is -2.35. The largest absolute Gasteiger partial charge is 0.358 e. The van der Waals surface area contributed by atoms with Crippen LogP contribution in [0.15, 0.2) is 72.9 Å². The number of rotatable bonds is 3. The molecule has 174 valence electrons. The van der Waals surface area contributed by atoms with Crippen molar-refractivity contribution in [1.82, 2.24) is 4.90 Å². The maximum absolute atomic E-state index is 14.7. The molecule has 0 saturated carbocycles. The molecule has 3 aromatic carbocycles. The molecule has 0 spiro atoms. The Morgan fingerprint density at radius 2 is 1.60 bits per heavy atom. The number of hydrogen-bond acceptors (Lipinski definition) is 4. The zero-order valence-electron chi connectivity index (χ0n) is 18.1. The molecule has 3 heterocycles. The predicted molar refractivity (Wildman–Crippen MR) is 131 cm³/mol. The van der Waals surface area contributed by atoms with Gasteiger partial charge in [0.25, 0.3) is 0 Å². The molecule has 8 heteroatoms. The highest BCUT2D eigenvalue weighted by molar-refractivity contribution is 6.37. The number of carbonyl (C=O) groups is 3. The van der Waals surface area contributed by atoms with Crippen LogP contribution in [0.5, 0.6) is 0 Å². The maximum Gasteiger partial charge on any atom is 0.240 e. The van der Waals surface area contributed by atoms with Crippen LogP contribution >= 0.6 is 23.2 Å². The number of hydrogen-bond donors (Lipinski definition) is 0. The van der Waals surface area contributed by atoms with Crippen LogP contribution < -0.4 is 4.90 Å². The normalized spacial score (nSPS) is 24.4. The van der Waals surface area contributed by atoms with Crippen molar-refractivity contribution in [2.75, 3.05) is 4.90 Å². The van der Waals surface area contributed by atoms with Crippen LogP contribution in [0.3, 0.4) is 0 Å². The number of carbonyl (C=O) groups excluding carboxylic acids is 3. The molecular formula is C27H17Cl2FN2O3. The first kappa shape index (κ1) is 22.0. The molecule has 5 nitrogen and oxygen atoms in total. The first-order valence-corrected chi connectivity index (χ1v) is 11.8. The van der Waals surface area contributed by atoms with Crippen LogP contribution in [-0.2, 0) is 9.59 Å². The Morgan fingerprint density at radius 3 is 2.37 bits per heavy atom. The van der Waals surface area contributed by atoms with Gasteiger partial charge in [-0.3, -0.25) is 14.4 Å². The molecule has 0 aromatic heterocycles. The molecule has 6 rings (SSSR count). The van der Waals surface area contributed by atoms with Gasteiger partial charge >= 0.3 is 0 Å². The Kier molecular flexibility index (Phi) is 5.06. The summed E-state index contributed by atoms with van der Waals surface area (Å²) in [6.45, 7) is 0. The molecular weight excluding hydrogens is 490 g/mol. The Bertz CT molecular complexity index is 1460. The van der Waals surface area contributed by atoms with E-state index >= 15 is 0 Å². The zero-order valence-corrected chi connectivity index (χ0v) is 19.6. The van der Waals surface area contributed by atoms with Crippen molar-refractivity contribution in [2.45, 2.75) is 12.1 Å². The molecule has 1 unspecified atom stereocenters. The lowest BCUT2D eigenvalue weighted by atomic mass is 9.83. The van der Waals surface area contributed by atoms with E-state index in [0.29, 0.717) is 5.02 Å². The predicted octanol–water partition coefficient (Wildman–Crippen LogP) is 5.53. The molecule has 2 saturated heterocycles. The Balaban J connectivity index is 1.52. The second kappa shape index (κ2) is 8.04. The minimum absolute atomic E-state index is 0.112. The third kappa shape index (κ3) is 3.17. The number of anilines is 1. The Labute approximate surface area is 210 Å². The topological polar surface area (TPSA) is 57.7 Å². The second-order valence-corrected chi connectivity index (χ2v) is 9.63. The first-order chi connectivity index (χ1) is 16.9. The summed E-state index contributed by atoms with van der Waals surface area (Å²) in [6, 6.07) is 16.2. The van der Waals surface area contributed by atoms with E-state index in [2.05, 4.69) is 0 Å². The third-order valence-electron chi connectivity index (χ3n) is 7.02. The molecule has 2 amide bonds. The molecule has 35 heavy (non-hydrogen) atoms. The molecule has 4 atom stereocenters. The fourth-order valence-corrected chi connectivity index (χ4v) is 6.08. The number of amides is 2. The number of benzene rings is 3. The highest BCUT2D eigenvalue weighted by Gasteiger charge is 2.64. The molecule has 0 bridgehead atoms. The van der Waals surface area contributed by atoms with E-state index in [1.165, 1.54) is 30.3 Å². The first-order valence-electron chi connectivity index (χ1n) is 11.0. The van der Waals surface area contributed by atoms with Gasteiger partial charge in [0.1, 0.15) is 11.9 Å². The van der Waals surface area contributed by atoms with Crippen LogP contribution in [0.1, 0.15) is 27.5 Å². The number of imide groups is 1. The zero-order chi connectivity index (χ0) is 24.4. The van der Waals surface area contributed by atoms with Crippen molar-refractivity contribution < 1.29 is 18.8 Å². The van der Waals surface area contributed by atoms with E-state index in [1.54, 1.807) is 23.2 Å². The molecule has 0 radical (unpaired) electrons. The molecule has 0 N–H and O–H groups in total. The third-order valence-corrected chi connectivity index (χ3v) is 7.57. The van der Waals surface area contributed by atoms with Crippen LogP contribution in [0.2, 0.25) is 10.0 Å². The quantitative estimate of drug-likeness (QED) is 0.346. The minimum atomic E-state index is -1.01. The molecule has 3 aliphatic heterocycles. The van der Waals surface area contributed by atoms with Gasteiger partial charge < -0.3 is 4.90 Å². The monoisotopic (exact) mass is 506 g/mol. The van der Waals surface area contributed by atoms with Crippen molar-refractivity contribution in [3.8, 4) is 0 Å². The molecule has 3 aliphatic rings. The van der Waals surface area contributed by atoms with Crippen LogP contribution in [0.25, 0.3) is 6.08 Å². The fraction of sp³-hybridized carbons (Fsp3) is 0.148. The van der Waals surface area contributed by atoms with Gasteiger partial charge in [0, 0.05) is 16.8 Å². The van der Waals surface area contributed by atoms with Crippen molar-refractivity contribution in [3.63, 3.8) is 0 Å². The van der Waals surface area contributed by atoms with E-state index in [-0.39, 0.29) is 16.3 Å². The number of nitrogens with zero attached hydrogens (tertiary/aromatic N) is 2. The number of halogens is 3. The van der Waals surface area contributed by atoms with Crippen LogP contribution in [0.4, 0.5) is 10.1 Å². The number of Topliss-reactive ketones (excluding diaryl/α,β-unsaturated/α-hetero) is 1. The minimum Gasteiger partial charge on any atom is -0.358 e. The fourth-order valence-electron chi connectivity index (χ4n) is 5.58. The van der Waals surface area contributed by atoms with E-state index in [1.807, 2.05) is 30.3 Å². The number of fused-ring (bicyclic) bond motifs is 5. The van der Waals surface area contributed by atoms with Gasteiger partial charge in [-0.15, -0.1) is 0 Å². The summed E-state index contributed by atoms with van der Waals surface area (Å²) >= 11 is 12.4. The molecule has 3 aromatic rings. The second-order valence-electron chi connectivity index (χ2n) is 8.78. The van der Waals surface area contributed by atoms with E-state index in [4.69, 9.17) is 23.2 Å². The lowest BCUT2D eigenvalue weighted by molar-refractivity contribution is -0.123. The summed E-state index contributed by atoms with van der Waals surface area (Å²) in [5, 5.41) is 0.532. The Morgan fingerprint density at radius 1 is 0.886 bits per heavy atom. The maximum atomic E-state index is 14.7. The van der Waals surface area contributed by atoms with Crippen LogP contribution in [0, 0.1) is 17.7 Å². The highest BCUT2D eigenvalue weighted by Crippen LogP contribution is 2.54. The smallest absolute Gasteiger partial charge is 0.240 e. The highest BCUT2D eigenvalue weighted by atomic mass is 35.5. The summed E-state index contributed by atoms with van der Waals surface area (Å²) in [5.41, 5.74) is 1.82. The SMILES string of the molecule is O=C(c1ccc(Cl)cc1Cl)[C@@H]1[C@@H]2C(=O)N(c3ccccc3F)C(=O)[C@@H]2C2c3ccccc3C=CN21. The van der Waals surface area contributed by atoms with Gasteiger partial charge in [0.05, 0.1) is 28.6 Å². The van der Waals surface area contributed by atoms with Gasteiger partial charge in [-0.25, -0.2) is 9.29 Å². The van der Waals surface area contributed by atoms with Crippen LogP contribution in [-0.4, -0.2) is 28.5 Å². The van der Waals surface area contributed by atoms with Gasteiger partial charge in [0.2, 0.25) is 11.8 Å². The average molecular weight is 507 g/mol. The number of ketones is 1. The van der Waals surface area contributed by atoms with E-state index in [0.717, 1.165) is 16.0 Å². The Hall–Kier alpha value is -3.48. The summed E-state index contributed by atoms with van der Waals surface area (Å²) in [4.78, 5) is 44.1. The van der Waals surface area contributed by atoms with Crippen molar-refractivity contribution in [2.24, 2.45) is 11.8 Å². The van der Waals surface area contributed by atoms with Crippen molar-refractivity contribution >= 4 is 52.6 Å². The van der Waals surface area contributed by atoms with Gasteiger partial charge in [0.15, 0.2) is 5.78 Å². The summed E-state index contributed by atoms with van der Waals surface area (Å²) in [7, 11) is 0. The van der Waals surface area contributed by atoms with Gasteiger partial charge in [-0.2, -0.15) is 0 Å². The lowest BCUT2D eigenvalue weighted by Crippen LogP contribution is -2.44. The number of para-hydroxylation sites is 1. The van der Waals surface area contributed by atoms with Gasteiger partial charge in [-0.05, 0) is 47.5 Å². The van der Waals surface area contributed by atoms with Gasteiger partial charge in [-0.1, -0.05) is 59.6 Å². The molecule has 2 fully saturated rings. The molecule has 0 aliphatic carbocycles. The summed E-state index contributed by atoms with van der Waals surface area (Å²) in [5.74, 6) is -4.09. The summed E-state index contributed by atoms with van der Waals surface area (Å²) in [6.07, 6.45) is 3.62. The van der Waals surface area contributed by atoms with Crippen molar-refractivity contribution in [3.05, 3.63) is 105 Å².